The van der Waals surface area contributed by atoms with Crippen LogP contribution in [0.2, 0.25) is 0 Å². The van der Waals surface area contributed by atoms with Crippen molar-refractivity contribution in [3.8, 4) is 11.5 Å². The lowest BCUT2D eigenvalue weighted by Gasteiger charge is -2.23. The first-order valence-electron chi connectivity index (χ1n) is 13.7. The fourth-order valence-electron chi connectivity index (χ4n) is 3.73. The molecule has 0 fully saturated rings. The lowest BCUT2D eigenvalue weighted by atomic mass is 10.0. The molecule has 0 radical (unpaired) electrons. The van der Waals surface area contributed by atoms with E-state index in [1.807, 2.05) is 20.8 Å². The number of aliphatic carboxylic acids is 1. The Balaban J connectivity index is 0.000000942. The number of hydrogen-bond donors (Lipinski definition) is 6. The van der Waals surface area contributed by atoms with E-state index in [0.717, 1.165) is 0 Å². The number of anilines is 2. The number of rotatable bonds is 11. The van der Waals surface area contributed by atoms with E-state index in [4.69, 9.17) is 30.5 Å². The van der Waals surface area contributed by atoms with E-state index in [1.165, 1.54) is 6.20 Å². The lowest BCUT2D eigenvalue weighted by molar-refractivity contribution is -0.192. The van der Waals surface area contributed by atoms with E-state index in [0.29, 0.717) is 46.2 Å². The maximum absolute atomic E-state index is 13.5. The van der Waals surface area contributed by atoms with Gasteiger partial charge in [0.15, 0.2) is 11.5 Å². The number of hydrogen-bond acceptors (Lipinski definition) is 9. The molecule has 0 aliphatic heterocycles. The Hall–Kier alpha value is -5.54. The number of alkyl halides is 3. The van der Waals surface area contributed by atoms with Crippen LogP contribution in [0.25, 0.3) is 0 Å². The van der Waals surface area contributed by atoms with Crippen molar-refractivity contribution in [1.82, 2.24) is 15.8 Å². The number of halogens is 3. The summed E-state index contributed by atoms with van der Waals surface area (Å²) in [6, 6.07) is 12.7. The molecule has 0 bridgehead atoms. The fourth-order valence-corrected chi connectivity index (χ4v) is 3.73. The van der Waals surface area contributed by atoms with Crippen LogP contribution in [0.5, 0.6) is 11.5 Å². The van der Waals surface area contributed by atoms with E-state index < -0.39 is 30.0 Å². The van der Waals surface area contributed by atoms with E-state index in [1.54, 1.807) is 73.7 Å². The number of aromatic nitrogens is 1. The number of amidine groups is 1. The zero-order valence-electron chi connectivity index (χ0n) is 25.7. The Labute approximate surface area is 263 Å². The predicted octanol–water partition coefficient (Wildman–Crippen LogP) is 3.87. The molecular weight excluding hydrogens is 611 g/mol. The molecule has 1 aromatic heterocycles. The fraction of sp³-hybridized carbons (Fsp3) is 0.300. The minimum absolute atomic E-state index is 0.0612. The van der Waals surface area contributed by atoms with Gasteiger partial charge in [0.25, 0.3) is 11.8 Å². The summed E-state index contributed by atoms with van der Waals surface area (Å²) in [7, 11) is 3.60. The van der Waals surface area contributed by atoms with Gasteiger partial charge in [-0.1, -0.05) is 6.07 Å². The van der Waals surface area contributed by atoms with E-state index in [9.17, 15) is 22.8 Å². The Morgan fingerprint density at radius 2 is 1.67 bits per heavy atom. The molecule has 13 nitrogen and oxygen atoms in total. The third-order valence-electron chi connectivity index (χ3n) is 5.80. The van der Waals surface area contributed by atoms with Crippen LogP contribution in [0, 0.1) is 5.41 Å². The van der Waals surface area contributed by atoms with Gasteiger partial charge in [0.1, 0.15) is 11.9 Å². The van der Waals surface area contributed by atoms with Crippen molar-refractivity contribution in [1.29, 1.82) is 5.41 Å². The summed E-state index contributed by atoms with van der Waals surface area (Å²) in [6.45, 7) is 6.10. The number of nitrogens with two attached hydrogens (primary N) is 1. The molecule has 1 unspecified atom stereocenters. The quantitative estimate of drug-likeness (QED) is 0.101. The van der Waals surface area contributed by atoms with Crippen molar-refractivity contribution in [2.75, 3.05) is 30.9 Å². The van der Waals surface area contributed by atoms with Gasteiger partial charge >= 0.3 is 12.1 Å². The van der Waals surface area contributed by atoms with Gasteiger partial charge in [-0.15, -0.1) is 0 Å². The smallest absolute Gasteiger partial charge is 0.490 e. The summed E-state index contributed by atoms with van der Waals surface area (Å²) >= 11 is 0. The van der Waals surface area contributed by atoms with Crippen molar-refractivity contribution >= 4 is 35.0 Å². The number of hydrazine groups is 1. The second-order valence-electron chi connectivity index (χ2n) is 9.91. The number of carboxylic acid groups (broad SMARTS) is 1. The van der Waals surface area contributed by atoms with Gasteiger partial charge in [0.05, 0.1) is 30.2 Å². The SMILES string of the molecule is CCOc1cc(C(Nc2ccc(C(=N)N)cc2)C(=O)NNC(=O)c2ccncc2N(C)C)ccc1OC(C)C.O=C(O)C(F)(F)F. The highest BCUT2D eigenvalue weighted by Gasteiger charge is 2.38. The largest absolute Gasteiger partial charge is 0.490 e. The maximum Gasteiger partial charge on any atom is 0.490 e. The Bertz CT molecular complexity index is 1520. The van der Waals surface area contributed by atoms with Crippen LogP contribution in [-0.2, 0) is 9.59 Å². The van der Waals surface area contributed by atoms with Crippen LogP contribution in [0.1, 0.15) is 48.3 Å². The first-order chi connectivity index (χ1) is 21.5. The van der Waals surface area contributed by atoms with Crippen LogP contribution in [0.3, 0.4) is 0 Å². The molecule has 0 spiro atoms. The van der Waals surface area contributed by atoms with E-state index in [-0.39, 0.29) is 11.9 Å². The molecule has 3 rings (SSSR count). The lowest BCUT2D eigenvalue weighted by Crippen LogP contribution is -2.45. The second kappa shape index (κ2) is 16.5. The van der Waals surface area contributed by atoms with Crippen molar-refractivity contribution in [3.05, 3.63) is 77.6 Å². The molecular formula is C30H36F3N7O6. The first kappa shape index (κ1) is 36.7. The molecule has 16 heteroatoms. The van der Waals surface area contributed by atoms with Crippen molar-refractivity contribution in [3.63, 3.8) is 0 Å². The van der Waals surface area contributed by atoms with Crippen LogP contribution in [0.15, 0.2) is 60.9 Å². The van der Waals surface area contributed by atoms with Crippen LogP contribution in [0.4, 0.5) is 24.5 Å². The number of nitrogens with one attached hydrogen (secondary N) is 4. The standard InChI is InChI=1S/C28H35N7O4.C2HF3O2/c1-6-38-24-15-19(9-12-23(24)39-17(2)3)25(32-20-10-7-18(8-11-20)26(29)30)28(37)34-33-27(36)21-13-14-31-16-22(21)35(4)5;3-2(4,5)1(6)7/h7-17,25,32H,6H2,1-5H3,(H3,29,30)(H,33,36)(H,34,37);(H,6,7). The number of carbonyl (C=O) groups excluding carboxylic acids is 2. The topological polar surface area (TPSA) is 192 Å². The second-order valence-corrected chi connectivity index (χ2v) is 9.91. The van der Waals surface area contributed by atoms with Crippen molar-refractivity contribution in [2.45, 2.75) is 39.1 Å². The normalized spacial score (nSPS) is 11.3. The summed E-state index contributed by atoms with van der Waals surface area (Å²) < 4.78 is 43.4. The summed E-state index contributed by atoms with van der Waals surface area (Å²) in [5, 5.41) is 17.9. The molecule has 0 aliphatic rings. The molecule has 0 saturated heterocycles. The summed E-state index contributed by atoms with van der Waals surface area (Å²) in [5.74, 6) is -2.77. The van der Waals surface area contributed by atoms with Gasteiger partial charge < -0.3 is 30.5 Å². The number of nitrogen functional groups attached to an aromatic ring is 1. The predicted molar refractivity (Wildman–Crippen MR) is 165 cm³/mol. The maximum atomic E-state index is 13.5. The minimum Gasteiger partial charge on any atom is -0.490 e. The summed E-state index contributed by atoms with van der Waals surface area (Å²) in [6.07, 6.45) is -2.07. The minimum atomic E-state index is -5.08. The molecule has 0 aliphatic carbocycles. The molecule has 7 N–H and O–H groups in total. The number of carbonyl (C=O) groups is 3. The third-order valence-corrected chi connectivity index (χ3v) is 5.80. The molecule has 1 heterocycles. The zero-order valence-corrected chi connectivity index (χ0v) is 25.7. The van der Waals surface area contributed by atoms with Gasteiger partial charge in [0.2, 0.25) is 0 Å². The summed E-state index contributed by atoms with van der Waals surface area (Å²) in [5.41, 5.74) is 13.3. The van der Waals surface area contributed by atoms with E-state index >= 15 is 0 Å². The highest BCUT2D eigenvalue weighted by atomic mass is 19.4. The Kier molecular flexibility index (Phi) is 13.2. The number of nitrogens with zero attached hydrogens (tertiary/aromatic N) is 2. The number of benzene rings is 2. The summed E-state index contributed by atoms with van der Waals surface area (Å²) in [4.78, 5) is 41.1. The molecule has 2 amide bonds. The van der Waals surface area contributed by atoms with Gasteiger partial charge in [0, 0.05) is 31.5 Å². The van der Waals surface area contributed by atoms with Crippen LogP contribution >= 0.6 is 0 Å². The number of carboxylic acids is 1. The highest BCUT2D eigenvalue weighted by Crippen LogP contribution is 2.33. The van der Waals surface area contributed by atoms with Gasteiger partial charge in [-0.25, -0.2) is 4.79 Å². The molecule has 248 valence electrons. The van der Waals surface area contributed by atoms with Crippen LogP contribution < -0.4 is 36.3 Å². The van der Waals surface area contributed by atoms with Gasteiger partial charge in [-0.3, -0.25) is 30.8 Å². The molecule has 0 saturated carbocycles. The van der Waals surface area contributed by atoms with Gasteiger partial charge in [-0.2, -0.15) is 13.2 Å². The zero-order chi connectivity index (χ0) is 34.6. The number of pyridine rings is 1. The number of amides is 2. The monoisotopic (exact) mass is 647 g/mol. The van der Waals surface area contributed by atoms with Crippen molar-refractivity contribution < 1.29 is 42.1 Å². The molecule has 46 heavy (non-hydrogen) atoms. The Morgan fingerprint density at radius 1 is 1.04 bits per heavy atom. The first-order valence-corrected chi connectivity index (χ1v) is 13.7. The van der Waals surface area contributed by atoms with Crippen LogP contribution in [-0.4, -0.2) is 66.7 Å². The average molecular weight is 648 g/mol. The highest BCUT2D eigenvalue weighted by molar-refractivity contribution is 6.01. The van der Waals surface area contributed by atoms with Gasteiger partial charge in [-0.05, 0) is 68.8 Å². The average Bonchev–Trinajstić information content (AvgIpc) is 2.99. The third kappa shape index (κ3) is 10.9. The Morgan fingerprint density at radius 3 is 2.20 bits per heavy atom. The number of ether oxygens (including phenoxy) is 2. The van der Waals surface area contributed by atoms with Crippen molar-refractivity contribution in [2.24, 2.45) is 5.73 Å². The molecule has 3 aromatic rings. The molecule has 1 atom stereocenters. The molecule has 2 aromatic carbocycles. The van der Waals surface area contributed by atoms with E-state index in [2.05, 4.69) is 21.2 Å².